The number of carbonyl (C=O) groups is 3. The molecule has 0 unspecified atom stereocenters. The van der Waals surface area contributed by atoms with E-state index < -0.39 is 30.0 Å². The van der Waals surface area contributed by atoms with Gasteiger partial charge in [0.15, 0.2) is 0 Å². The van der Waals surface area contributed by atoms with Crippen LogP contribution in [0.2, 0.25) is 0 Å². The van der Waals surface area contributed by atoms with E-state index in [1.165, 1.54) is 18.2 Å². The Labute approximate surface area is 234 Å². The zero-order chi connectivity index (χ0) is 29.7. The molecule has 11 heteroatoms. The molecule has 216 valence electrons. The maximum atomic E-state index is 12.2. The molecule has 0 heterocycles. The van der Waals surface area contributed by atoms with Crippen molar-refractivity contribution in [1.29, 1.82) is 0 Å². The molecule has 0 radical (unpaired) electrons. The number of esters is 3. The van der Waals surface area contributed by atoms with Crippen LogP contribution in [0.4, 0.5) is 18.9 Å². The summed E-state index contributed by atoms with van der Waals surface area (Å²) in [6.45, 7) is 0.548. The van der Waals surface area contributed by atoms with E-state index in [1.807, 2.05) is 0 Å². The van der Waals surface area contributed by atoms with E-state index in [9.17, 15) is 27.6 Å². The van der Waals surface area contributed by atoms with Crippen LogP contribution < -0.4 is 15.2 Å². The van der Waals surface area contributed by atoms with Gasteiger partial charge in [0.1, 0.15) is 11.5 Å². The Morgan fingerprint density at radius 1 is 0.732 bits per heavy atom. The highest BCUT2D eigenvalue weighted by molar-refractivity contribution is 5.91. The van der Waals surface area contributed by atoms with Crippen LogP contribution in [-0.2, 0) is 14.3 Å². The number of halogens is 3. The van der Waals surface area contributed by atoms with Gasteiger partial charge in [0.05, 0.1) is 24.3 Å². The average molecular weight is 572 g/mol. The van der Waals surface area contributed by atoms with E-state index in [0.29, 0.717) is 36.3 Å². The van der Waals surface area contributed by atoms with Gasteiger partial charge < -0.3 is 24.7 Å². The van der Waals surface area contributed by atoms with Gasteiger partial charge in [-0.25, -0.2) is 14.4 Å². The van der Waals surface area contributed by atoms with Crippen LogP contribution in [0.25, 0.3) is 6.08 Å². The number of ether oxygens (including phenoxy) is 4. The third-order valence-corrected chi connectivity index (χ3v) is 5.46. The highest BCUT2D eigenvalue weighted by Gasteiger charge is 2.31. The smallest absolute Gasteiger partial charge is 0.463 e. The van der Waals surface area contributed by atoms with Crippen LogP contribution in [0.3, 0.4) is 0 Å². The highest BCUT2D eigenvalue weighted by Crippen LogP contribution is 2.23. The summed E-state index contributed by atoms with van der Waals surface area (Å²) in [5.74, 6) is -1.91. The summed E-state index contributed by atoms with van der Waals surface area (Å²) < 4.78 is 56.1. The Balaban J connectivity index is 1.29. The molecule has 0 aliphatic carbocycles. The van der Waals surface area contributed by atoms with E-state index in [-0.39, 0.29) is 17.9 Å². The number of alkyl halides is 3. The molecule has 3 aromatic rings. The zero-order valence-electron chi connectivity index (χ0n) is 21.9. The van der Waals surface area contributed by atoms with Crippen molar-refractivity contribution >= 4 is 29.7 Å². The number of benzene rings is 3. The minimum absolute atomic E-state index is 0.0451. The molecule has 0 aliphatic heterocycles. The molecule has 3 aromatic carbocycles. The van der Waals surface area contributed by atoms with Crippen molar-refractivity contribution in [3.63, 3.8) is 0 Å². The van der Waals surface area contributed by atoms with Gasteiger partial charge in [-0.3, -0.25) is 0 Å². The number of rotatable bonds is 13. The summed E-state index contributed by atoms with van der Waals surface area (Å²) in [5, 5.41) is 0. The number of nitrogens with two attached hydrogens (primary N) is 1. The van der Waals surface area contributed by atoms with Crippen LogP contribution in [-0.4, -0.2) is 37.5 Å². The predicted octanol–water partition coefficient (Wildman–Crippen LogP) is 6.36. The van der Waals surface area contributed by atoms with Crippen LogP contribution in [0, 0.1) is 0 Å². The Morgan fingerprint density at radius 2 is 1.37 bits per heavy atom. The number of carbonyl (C=O) groups excluding carboxylic acids is 3. The maximum absolute atomic E-state index is 12.2. The molecule has 0 saturated heterocycles. The van der Waals surface area contributed by atoms with Crippen LogP contribution in [0.5, 0.6) is 11.5 Å². The van der Waals surface area contributed by atoms with E-state index >= 15 is 0 Å². The number of hydrogen-bond acceptors (Lipinski definition) is 8. The summed E-state index contributed by atoms with van der Waals surface area (Å²) in [5.41, 5.74) is 7.26. The second-order valence-electron chi connectivity index (χ2n) is 8.71. The van der Waals surface area contributed by atoms with Crippen LogP contribution in [0.15, 0.2) is 78.9 Å². The van der Waals surface area contributed by atoms with Crippen molar-refractivity contribution in [2.24, 2.45) is 0 Å². The lowest BCUT2D eigenvalue weighted by molar-refractivity contribution is -0.274. The molecular formula is C30H28F3NO7. The molecule has 0 saturated carbocycles. The van der Waals surface area contributed by atoms with Crippen molar-refractivity contribution in [3.8, 4) is 11.5 Å². The monoisotopic (exact) mass is 571 g/mol. The maximum Gasteiger partial charge on any atom is 0.573 e. The standard InChI is InChI=1S/C30H28F3NO7/c31-30(32,33)41-26-15-11-22(12-16-26)29(37)40-25-13-8-21(9-14-25)10-17-27(35)38-18-3-1-2-4-19-39-28(36)23-6-5-7-24(34)20-23/h5-17,20H,1-4,18-19,34H2/b17-10+. The van der Waals surface area contributed by atoms with Crippen molar-refractivity contribution < 1.29 is 46.5 Å². The van der Waals surface area contributed by atoms with E-state index in [2.05, 4.69) is 4.74 Å². The number of anilines is 1. The van der Waals surface area contributed by atoms with Crippen LogP contribution in [0.1, 0.15) is 52.0 Å². The second kappa shape index (κ2) is 15.1. The summed E-state index contributed by atoms with van der Waals surface area (Å²) in [4.78, 5) is 36.1. The number of unbranched alkanes of at least 4 members (excludes halogenated alkanes) is 3. The van der Waals surface area contributed by atoms with Crippen LogP contribution >= 0.6 is 0 Å². The summed E-state index contributed by atoms with van der Waals surface area (Å²) >= 11 is 0. The largest absolute Gasteiger partial charge is 0.573 e. The second-order valence-corrected chi connectivity index (χ2v) is 8.71. The molecule has 0 spiro atoms. The lowest BCUT2D eigenvalue weighted by Crippen LogP contribution is -2.17. The minimum atomic E-state index is -4.82. The van der Waals surface area contributed by atoms with E-state index in [4.69, 9.17) is 19.9 Å². The Morgan fingerprint density at radius 3 is 2.00 bits per heavy atom. The lowest BCUT2D eigenvalue weighted by Gasteiger charge is -2.09. The first kappa shape index (κ1) is 30.7. The molecule has 41 heavy (non-hydrogen) atoms. The summed E-state index contributed by atoms with van der Waals surface area (Å²) in [6, 6.07) is 17.2. The first-order valence-electron chi connectivity index (χ1n) is 12.6. The number of hydrogen-bond donors (Lipinski definition) is 1. The lowest BCUT2D eigenvalue weighted by atomic mass is 10.2. The fourth-order valence-corrected chi connectivity index (χ4v) is 3.46. The molecule has 0 aromatic heterocycles. The quantitative estimate of drug-likeness (QED) is 0.0829. The topological polar surface area (TPSA) is 114 Å². The molecular weight excluding hydrogens is 543 g/mol. The zero-order valence-corrected chi connectivity index (χ0v) is 21.9. The molecule has 3 rings (SSSR count). The van der Waals surface area contributed by atoms with Gasteiger partial charge in [-0.2, -0.15) is 0 Å². The first-order chi connectivity index (χ1) is 19.6. The molecule has 0 amide bonds. The molecule has 0 atom stereocenters. The minimum Gasteiger partial charge on any atom is -0.463 e. The van der Waals surface area contributed by atoms with E-state index in [0.717, 1.165) is 37.1 Å². The third-order valence-electron chi connectivity index (χ3n) is 5.46. The molecule has 0 fully saturated rings. The van der Waals surface area contributed by atoms with Gasteiger partial charge >= 0.3 is 24.3 Å². The van der Waals surface area contributed by atoms with E-state index in [1.54, 1.807) is 42.5 Å². The predicted molar refractivity (Wildman–Crippen MR) is 144 cm³/mol. The average Bonchev–Trinajstić information content (AvgIpc) is 2.93. The molecule has 8 nitrogen and oxygen atoms in total. The Hall–Kier alpha value is -4.80. The third kappa shape index (κ3) is 11.5. The first-order valence-corrected chi connectivity index (χ1v) is 12.6. The normalized spacial score (nSPS) is 11.2. The van der Waals surface area contributed by atoms with Gasteiger partial charge in [-0.15, -0.1) is 13.2 Å². The SMILES string of the molecule is Nc1cccc(C(=O)OCCCCCCOC(=O)/C=C/c2ccc(OC(=O)c3ccc(OC(F)(F)F)cc3)cc2)c1. The highest BCUT2D eigenvalue weighted by atomic mass is 19.4. The van der Waals surface area contributed by atoms with Crippen molar-refractivity contribution in [3.05, 3.63) is 95.6 Å². The molecule has 2 N–H and O–H groups in total. The van der Waals surface area contributed by atoms with Gasteiger partial charge in [0.2, 0.25) is 0 Å². The van der Waals surface area contributed by atoms with Crippen molar-refractivity contribution in [2.45, 2.75) is 32.0 Å². The van der Waals surface area contributed by atoms with Crippen molar-refractivity contribution in [2.75, 3.05) is 18.9 Å². The summed E-state index contributed by atoms with van der Waals surface area (Å²) in [6.07, 6.45) is 0.973. The fraction of sp³-hybridized carbons (Fsp3) is 0.233. The van der Waals surface area contributed by atoms with Crippen molar-refractivity contribution in [1.82, 2.24) is 0 Å². The van der Waals surface area contributed by atoms with Gasteiger partial charge in [0.25, 0.3) is 0 Å². The van der Waals surface area contributed by atoms with Gasteiger partial charge in [-0.1, -0.05) is 18.2 Å². The molecule has 0 aliphatic rings. The Bertz CT molecular complexity index is 1340. The summed E-state index contributed by atoms with van der Waals surface area (Å²) in [7, 11) is 0. The van der Waals surface area contributed by atoms with Gasteiger partial charge in [0, 0.05) is 11.8 Å². The molecule has 0 bridgehead atoms. The Kier molecular flexibility index (Phi) is 11.3. The fourth-order valence-electron chi connectivity index (χ4n) is 3.46. The number of nitrogen functional groups attached to an aromatic ring is 1. The van der Waals surface area contributed by atoms with Gasteiger partial charge in [-0.05, 0) is 91.9 Å².